The highest BCUT2D eigenvalue weighted by atomic mass is 16.5. The summed E-state index contributed by atoms with van der Waals surface area (Å²) >= 11 is 0. The molecule has 0 aliphatic carbocycles. The van der Waals surface area contributed by atoms with Gasteiger partial charge in [0, 0.05) is 12.8 Å². The van der Waals surface area contributed by atoms with Gasteiger partial charge in [-0.1, -0.05) is 66.7 Å². The molecule has 3 atom stereocenters. The van der Waals surface area contributed by atoms with E-state index in [1.54, 1.807) is 0 Å². The van der Waals surface area contributed by atoms with Gasteiger partial charge < -0.3 is 9.84 Å². The number of fused-ring (bicyclic) bond motifs is 1. The number of rotatable bonds is 2. The lowest BCUT2D eigenvalue weighted by atomic mass is 9.92. The highest BCUT2D eigenvalue weighted by molar-refractivity contribution is 5.83. The van der Waals surface area contributed by atoms with Gasteiger partial charge in [0.15, 0.2) is 0 Å². The summed E-state index contributed by atoms with van der Waals surface area (Å²) < 4.78 is 6.32. The molecule has 116 valence electrons. The smallest absolute Gasteiger partial charge is 0.0858 e. The van der Waals surface area contributed by atoms with Crippen molar-refractivity contribution in [1.82, 2.24) is 0 Å². The molecule has 1 saturated heterocycles. The molecule has 23 heavy (non-hydrogen) atoms. The highest BCUT2D eigenvalue weighted by Gasteiger charge is 2.30. The second kappa shape index (κ2) is 6.15. The summed E-state index contributed by atoms with van der Waals surface area (Å²) in [7, 11) is 0. The summed E-state index contributed by atoms with van der Waals surface area (Å²) in [6.07, 6.45) is 0.880. The molecule has 0 spiro atoms. The molecule has 0 saturated carbocycles. The van der Waals surface area contributed by atoms with Gasteiger partial charge in [0.25, 0.3) is 0 Å². The van der Waals surface area contributed by atoms with Gasteiger partial charge in [-0.2, -0.15) is 0 Å². The number of benzene rings is 3. The molecule has 3 aromatic carbocycles. The van der Waals surface area contributed by atoms with Crippen LogP contribution in [0.3, 0.4) is 0 Å². The third-order valence-corrected chi connectivity index (χ3v) is 4.62. The Morgan fingerprint density at radius 1 is 0.696 bits per heavy atom. The molecule has 0 amide bonds. The fraction of sp³-hybridized carbons (Fsp3) is 0.238. The lowest BCUT2D eigenvalue weighted by Gasteiger charge is -2.34. The van der Waals surface area contributed by atoms with E-state index in [0.717, 1.165) is 11.1 Å². The fourth-order valence-electron chi connectivity index (χ4n) is 3.40. The maximum atomic E-state index is 10.3. The largest absolute Gasteiger partial charge is 0.393 e. The van der Waals surface area contributed by atoms with Crippen molar-refractivity contribution in [3.05, 3.63) is 83.9 Å². The monoisotopic (exact) mass is 304 g/mol. The Hall–Kier alpha value is -2.16. The molecule has 0 radical (unpaired) electrons. The van der Waals surface area contributed by atoms with Crippen LogP contribution in [0.4, 0.5) is 0 Å². The molecule has 1 aliphatic rings. The van der Waals surface area contributed by atoms with Gasteiger partial charge in [0.1, 0.15) is 0 Å². The summed E-state index contributed by atoms with van der Waals surface area (Å²) in [5, 5.41) is 12.7. The van der Waals surface area contributed by atoms with E-state index in [1.165, 1.54) is 10.8 Å². The second-order valence-corrected chi connectivity index (χ2v) is 6.26. The maximum absolute atomic E-state index is 10.3. The molecule has 3 aromatic rings. The lowest BCUT2D eigenvalue weighted by molar-refractivity contribution is -0.0998. The summed E-state index contributed by atoms with van der Waals surface area (Å²) in [6.45, 7) is 0. The number of hydrogen-bond acceptors (Lipinski definition) is 2. The first kappa shape index (κ1) is 14.4. The van der Waals surface area contributed by atoms with Crippen LogP contribution >= 0.6 is 0 Å². The molecule has 0 aromatic heterocycles. The zero-order valence-corrected chi connectivity index (χ0v) is 12.9. The van der Waals surface area contributed by atoms with E-state index >= 15 is 0 Å². The molecule has 0 bridgehead atoms. The zero-order valence-electron chi connectivity index (χ0n) is 12.9. The Balaban J connectivity index is 1.64. The Morgan fingerprint density at radius 2 is 1.35 bits per heavy atom. The molecular formula is C21H20O2. The third kappa shape index (κ3) is 3.00. The SMILES string of the molecule is O[C@H]1C[C@@H](c2ccc3ccccc3c2)O[C@@H](c2ccccc2)C1. The number of ether oxygens (including phenoxy) is 1. The maximum Gasteiger partial charge on any atom is 0.0858 e. The normalized spacial score (nSPS) is 24.7. The second-order valence-electron chi connectivity index (χ2n) is 6.26. The van der Waals surface area contributed by atoms with Crippen LogP contribution in [-0.4, -0.2) is 11.2 Å². The van der Waals surface area contributed by atoms with Gasteiger partial charge in [0.2, 0.25) is 0 Å². The molecule has 4 rings (SSSR count). The van der Waals surface area contributed by atoms with Gasteiger partial charge in [0.05, 0.1) is 18.3 Å². The Labute approximate surface area is 136 Å². The van der Waals surface area contributed by atoms with Crippen LogP contribution in [0.25, 0.3) is 10.8 Å². The quantitative estimate of drug-likeness (QED) is 0.737. The average molecular weight is 304 g/mol. The standard InChI is InChI=1S/C21H20O2/c22-19-13-20(16-7-2-1-3-8-16)23-21(14-19)18-11-10-15-6-4-5-9-17(15)12-18/h1-12,19-22H,13-14H2/t19-,20-,21+/m1/s1. The Morgan fingerprint density at radius 3 is 2.13 bits per heavy atom. The molecule has 0 unspecified atom stereocenters. The molecular weight excluding hydrogens is 284 g/mol. The van der Waals surface area contributed by atoms with Gasteiger partial charge in [-0.15, -0.1) is 0 Å². The van der Waals surface area contributed by atoms with Gasteiger partial charge in [-0.3, -0.25) is 0 Å². The molecule has 1 N–H and O–H groups in total. The van der Waals surface area contributed by atoms with Crippen molar-refractivity contribution in [3.8, 4) is 0 Å². The van der Waals surface area contributed by atoms with Crippen LogP contribution in [0.15, 0.2) is 72.8 Å². The van der Waals surface area contributed by atoms with Crippen molar-refractivity contribution in [2.75, 3.05) is 0 Å². The topological polar surface area (TPSA) is 29.5 Å². The van der Waals surface area contributed by atoms with Gasteiger partial charge in [-0.05, 0) is 28.0 Å². The summed E-state index contributed by atoms with van der Waals surface area (Å²) in [4.78, 5) is 0. The minimum atomic E-state index is -0.328. The average Bonchev–Trinajstić information content (AvgIpc) is 2.61. The van der Waals surface area contributed by atoms with E-state index in [2.05, 4.69) is 48.5 Å². The number of aliphatic hydroxyl groups excluding tert-OH is 1. The molecule has 2 nitrogen and oxygen atoms in total. The van der Waals surface area contributed by atoms with Crippen LogP contribution in [0, 0.1) is 0 Å². The molecule has 1 fully saturated rings. The summed E-state index contributed by atoms with van der Waals surface area (Å²) in [5.74, 6) is 0. The van der Waals surface area contributed by atoms with Crippen LogP contribution in [-0.2, 0) is 4.74 Å². The fourth-order valence-corrected chi connectivity index (χ4v) is 3.40. The van der Waals surface area contributed by atoms with Crippen molar-refractivity contribution >= 4 is 10.8 Å². The molecule has 1 heterocycles. The van der Waals surface area contributed by atoms with Crippen molar-refractivity contribution in [1.29, 1.82) is 0 Å². The van der Waals surface area contributed by atoms with Gasteiger partial charge in [-0.25, -0.2) is 0 Å². The van der Waals surface area contributed by atoms with E-state index in [0.29, 0.717) is 12.8 Å². The molecule has 2 heteroatoms. The summed E-state index contributed by atoms with van der Waals surface area (Å²) in [5.41, 5.74) is 2.28. The molecule has 1 aliphatic heterocycles. The first-order chi connectivity index (χ1) is 11.3. The highest BCUT2D eigenvalue weighted by Crippen LogP contribution is 2.39. The van der Waals surface area contributed by atoms with E-state index in [9.17, 15) is 5.11 Å². The predicted molar refractivity (Wildman–Crippen MR) is 92.2 cm³/mol. The minimum absolute atomic E-state index is 0.0450. The number of aliphatic hydroxyl groups is 1. The number of hydrogen-bond donors (Lipinski definition) is 1. The van der Waals surface area contributed by atoms with Crippen LogP contribution < -0.4 is 0 Å². The van der Waals surface area contributed by atoms with E-state index in [1.807, 2.05) is 24.3 Å². The van der Waals surface area contributed by atoms with Crippen molar-refractivity contribution in [2.45, 2.75) is 31.2 Å². The van der Waals surface area contributed by atoms with E-state index < -0.39 is 0 Å². The van der Waals surface area contributed by atoms with Crippen molar-refractivity contribution in [3.63, 3.8) is 0 Å². The van der Waals surface area contributed by atoms with E-state index in [4.69, 9.17) is 4.74 Å². The summed E-state index contributed by atoms with van der Waals surface area (Å²) in [6, 6.07) is 24.9. The Kier molecular flexibility index (Phi) is 3.86. The third-order valence-electron chi connectivity index (χ3n) is 4.62. The van der Waals surface area contributed by atoms with Gasteiger partial charge >= 0.3 is 0 Å². The van der Waals surface area contributed by atoms with Crippen LogP contribution in [0.5, 0.6) is 0 Å². The van der Waals surface area contributed by atoms with E-state index in [-0.39, 0.29) is 18.3 Å². The first-order valence-corrected chi connectivity index (χ1v) is 8.17. The zero-order chi connectivity index (χ0) is 15.6. The Bertz CT molecular complexity index is 797. The van der Waals surface area contributed by atoms with Crippen molar-refractivity contribution in [2.24, 2.45) is 0 Å². The lowest BCUT2D eigenvalue weighted by Crippen LogP contribution is -2.26. The van der Waals surface area contributed by atoms with Crippen molar-refractivity contribution < 1.29 is 9.84 Å². The van der Waals surface area contributed by atoms with Crippen LogP contribution in [0.1, 0.15) is 36.2 Å². The predicted octanol–water partition coefficient (Wildman–Crippen LogP) is 4.79. The minimum Gasteiger partial charge on any atom is -0.393 e. The first-order valence-electron chi connectivity index (χ1n) is 8.17. The van der Waals surface area contributed by atoms with Crippen LogP contribution in [0.2, 0.25) is 0 Å².